The van der Waals surface area contributed by atoms with Crippen LogP contribution in [0, 0.1) is 5.53 Å². The van der Waals surface area contributed by atoms with E-state index in [-0.39, 0.29) is 0 Å². The van der Waals surface area contributed by atoms with E-state index in [0.717, 1.165) is 0 Å². The molecule has 7 heteroatoms. The number of amidine groups is 1. The Morgan fingerprint density at radius 3 is 2.82 bits per heavy atom. The predicted octanol–water partition coefficient (Wildman–Crippen LogP) is 1.18. The van der Waals surface area contributed by atoms with Crippen molar-refractivity contribution < 1.29 is 9.53 Å². The van der Waals surface area contributed by atoms with Crippen LogP contribution in [0.3, 0.4) is 0 Å². The Balaban J connectivity index is 3.15. The number of nitrogens with zero attached hydrogens (tertiary/aromatic N) is 2. The average Bonchev–Trinajstić information content (AvgIpc) is 2.37. The van der Waals surface area contributed by atoms with E-state index >= 15 is 0 Å². The number of carbonyl (C=O) groups excluding carboxylic acids is 1. The van der Waals surface area contributed by atoms with Gasteiger partial charge in [0.05, 0.1) is 12.8 Å². The molecule has 0 aliphatic heterocycles. The summed E-state index contributed by atoms with van der Waals surface area (Å²) in [7, 11) is 3.17. The van der Waals surface area contributed by atoms with Crippen molar-refractivity contribution in [1.29, 1.82) is 5.53 Å². The highest BCUT2D eigenvalue weighted by atomic mass is 16.5. The van der Waals surface area contributed by atoms with E-state index in [1.54, 1.807) is 25.2 Å². The molecule has 7 nitrogen and oxygen atoms in total. The maximum atomic E-state index is 10.4. The van der Waals surface area contributed by atoms with Gasteiger partial charge in [-0.1, -0.05) is 5.22 Å². The minimum atomic E-state index is 0.441. The number of hydrogen-bond acceptors (Lipinski definition) is 4. The Hall–Kier alpha value is -2.44. The zero-order chi connectivity index (χ0) is 12.7. The third-order valence-corrected chi connectivity index (χ3v) is 2.08. The number of ether oxygens (including phenoxy) is 1. The lowest BCUT2D eigenvalue weighted by molar-refractivity contribution is -0.105. The van der Waals surface area contributed by atoms with Crippen LogP contribution < -0.4 is 15.4 Å². The first-order valence-electron chi connectivity index (χ1n) is 4.77. The minimum absolute atomic E-state index is 0.441. The summed E-state index contributed by atoms with van der Waals surface area (Å²) in [5.74, 6) is 0.943. The van der Waals surface area contributed by atoms with Gasteiger partial charge >= 0.3 is 0 Å². The molecule has 17 heavy (non-hydrogen) atoms. The summed E-state index contributed by atoms with van der Waals surface area (Å²) < 4.78 is 5.13. The van der Waals surface area contributed by atoms with Gasteiger partial charge in [-0.15, -0.1) is 5.10 Å². The topological polar surface area (TPSA) is 98.9 Å². The molecule has 0 saturated heterocycles. The number of anilines is 1. The SMILES string of the molecule is CN/C(=N\N=N)c1ccc(NC=O)c(OC)c1. The lowest BCUT2D eigenvalue weighted by Gasteiger charge is -2.10. The molecule has 90 valence electrons. The summed E-state index contributed by atoms with van der Waals surface area (Å²) in [6, 6.07) is 5.10. The Kier molecular flexibility index (Phi) is 4.61. The van der Waals surface area contributed by atoms with Gasteiger partial charge in [-0.2, -0.15) is 5.53 Å². The second kappa shape index (κ2) is 6.21. The molecule has 1 rings (SSSR count). The molecule has 0 radical (unpaired) electrons. The monoisotopic (exact) mass is 235 g/mol. The van der Waals surface area contributed by atoms with Crippen molar-refractivity contribution in [2.45, 2.75) is 0 Å². The van der Waals surface area contributed by atoms with Crippen LogP contribution in [0.1, 0.15) is 5.56 Å². The van der Waals surface area contributed by atoms with Crippen molar-refractivity contribution in [3.63, 3.8) is 0 Å². The zero-order valence-corrected chi connectivity index (χ0v) is 9.52. The maximum Gasteiger partial charge on any atom is 0.211 e. The van der Waals surface area contributed by atoms with Crippen LogP contribution in [0.15, 0.2) is 28.5 Å². The number of carbonyl (C=O) groups is 1. The second-order valence-electron chi connectivity index (χ2n) is 2.98. The van der Waals surface area contributed by atoms with Crippen molar-refractivity contribution in [2.24, 2.45) is 10.3 Å². The lowest BCUT2D eigenvalue weighted by atomic mass is 10.1. The van der Waals surface area contributed by atoms with Gasteiger partial charge in [-0.25, -0.2) is 0 Å². The summed E-state index contributed by atoms with van der Waals surface area (Å²) in [4.78, 5) is 10.4. The van der Waals surface area contributed by atoms with Gasteiger partial charge in [0.1, 0.15) is 5.75 Å². The Bertz CT molecular complexity index is 444. The number of benzene rings is 1. The average molecular weight is 235 g/mol. The molecule has 0 saturated carbocycles. The van der Waals surface area contributed by atoms with Crippen LogP contribution in [0.2, 0.25) is 0 Å². The maximum absolute atomic E-state index is 10.4. The molecular weight excluding hydrogens is 222 g/mol. The normalized spacial score (nSPS) is 10.6. The van der Waals surface area contributed by atoms with Crippen molar-refractivity contribution in [3.8, 4) is 5.75 Å². The van der Waals surface area contributed by atoms with Gasteiger partial charge in [0, 0.05) is 12.6 Å². The molecular formula is C10H13N5O2. The fourth-order valence-electron chi connectivity index (χ4n) is 1.32. The third-order valence-electron chi connectivity index (χ3n) is 2.08. The van der Waals surface area contributed by atoms with Crippen LogP contribution in [0.4, 0.5) is 5.69 Å². The van der Waals surface area contributed by atoms with Gasteiger partial charge in [0.25, 0.3) is 0 Å². The molecule has 0 spiro atoms. The van der Waals surface area contributed by atoms with Gasteiger partial charge in [-0.3, -0.25) is 4.79 Å². The van der Waals surface area contributed by atoms with E-state index in [1.165, 1.54) is 7.11 Å². The molecule has 0 unspecified atom stereocenters. The van der Waals surface area contributed by atoms with E-state index in [0.29, 0.717) is 29.2 Å². The van der Waals surface area contributed by atoms with Gasteiger partial charge in [0.15, 0.2) is 5.84 Å². The van der Waals surface area contributed by atoms with Gasteiger partial charge < -0.3 is 15.4 Å². The molecule has 3 N–H and O–H groups in total. The van der Waals surface area contributed by atoms with Gasteiger partial charge in [-0.05, 0) is 18.2 Å². The lowest BCUT2D eigenvalue weighted by Crippen LogP contribution is -2.19. The smallest absolute Gasteiger partial charge is 0.211 e. The van der Waals surface area contributed by atoms with E-state index in [2.05, 4.69) is 21.0 Å². The molecule has 0 aliphatic carbocycles. The molecule has 0 aliphatic rings. The molecule has 1 amide bonds. The summed E-state index contributed by atoms with van der Waals surface area (Å²) in [6.07, 6.45) is 0.573. The molecule has 1 aromatic carbocycles. The first-order valence-corrected chi connectivity index (χ1v) is 4.77. The predicted molar refractivity (Wildman–Crippen MR) is 63.4 cm³/mol. The largest absolute Gasteiger partial charge is 0.495 e. The van der Waals surface area contributed by atoms with E-state index in [1.807, 2.05) is 0 Å². The highest BCUT2D eigenvalue weighted by molar-refractivity contribution is 5.99. The van der Waals surface area contributed by atoms with Crippen molar-refractivity contribution in [2.75, 3.05) is 19.5 Å². The number of rotatable bonds is 5. The molecule has 0 aromatic heterocycles. The number of hydrogen-bond donors (Lipinski definition) is 3. The fraction of sp³-hybridized carbons (Fsp3) is 0.200. The van der Waals surface area contributed by atoms with Gasteiger partial charge in [0.2, 0.25) is 6.41 Å². The number of amides is 1. The third kappa shape index (κ3) is 3.00. The first kappa shape index (κ1) is 12.6. The summed E-state index contributed by atoms with van der Waals surface area (Å²) in [6.45, 7) is 0. The van der Waals surface area contributed by atoms with Crippen molar-refractivity contribution in [3.05, 3.63) is 23.8 Å². The fourth-order valence-corrected chi connectivity index (χ4v) is 1.32. The first-order chi connectivity index (χ1) is 8.26. The van der Waals surface area contributed by atoms with Crippen LogP contribution >= 0.6 is 0 Å². The molecule has 0 atom stereocenters. The number of methoxy groups -OCH3 is 1. The van der Waals surface area contributed by atoms with Crippen LogP contribution in [0.25, 0.3) is 0 Å². The quantitative estimate of drug-likeness (QED) is 0.235. The van der Waals surface area contributed by atoms with E-state index < -0.39 is 0 Å². The van der Waals surface area contributed by atoms with E-state index in [4.69, 9.17) is 10.3 Å². The standard InChI is InChI=1S/C10H13N5O2/c1-12-10(14-15-11)7-3-4-8(13-6-16)9(5-7)17-2/h3-6H,1-2H3,(H,13,16)(H2,11,12,14). The Morgan fingerprint density at radius 1 is 1.53 bits per heavy atom. The van der Waals surface area contributed by atoms with Crippen LogP contribution in [0.5, 0.6) is 5.75 Å². The second-order valence-corrected chi connectivity index (χ2v) is 2.98. The van der Waals surface area contributed by atoms with Crippen LogP contribution in [-0.2, 0) is 4.79 Å². The Morgan fingerprint density at radius 2 is 2.29 bits per heavy atom. The van der Waals surface area contributed by atoms with E-state index in [9.17, 15) is 4.79 Å². The Labute approximate surface area is 98.4 Å². The summed E-state index contributed by atoms with van der Waals surface area (Å²) >= 11 is 0. The van der Waals surface area contributed by atoms with Crippen molar-refractivity contribution >= 4 is 17.9 Å². The summed E-state index contributed by atoms with van der Waals surface area (Å²) in [5.41, 5.74) is 7.97. The molecule has 0 bridgehead atoms. The zero-order valence-electron chi connectivity index (χ0n) is 9.52. The highest BCUT2D eigenvalue weighted by Crippen LogP contribution is 2.25. The molecule has 0 fully saturated rings. The minimum Gasteiger partial charge on any atom is -0.495 e. The molecule has 1 aromatic rings. The highest BCUT2D eigenvalue weighted by Gasteiger charge is 2.07. The number of nitrogens with one attached hydrogen (secondary N) is 3. The van der Waals surface area contributed by atoms with Crippen molar-refractivity contribution in [1.82, 2.24) is 5.32 Å². The summed E-state index contributed by atoms with van der Waals surface area (Å²) in [5, 5.41) is 11.9. The van der Waals surface area contributed by atoms with Crippen LogP contribution in [-0.4, -0.2) is 26.4 Å². The molecule has 0 heterocycles.